The Kier molecular flexibility index (Phi) is 4.93. The minimum absolute atomic E-state index is 0.0342. The zero-order valence-corrected chi connectivity index (χ0v) is 12.2. The van der Waals surface area contributed by atoms with Crippen molar-refractivity contribution in [3.63, 3.8) is 0 Å². The summed E-state index contributed by atoms with van der Waals surface area (Å²) in [6.45, 7) is 1.72. The van der Waals surface area contributed by atoms with Crippen molar-refractivity contribution in [1.82, 2.24) is 5.32 Å². The van der Waals surface area contributed by atoms with E-state index < -0.39 is 23.1 Å². The summed E-state index contributed by atoms with van der Waals surface area (Å²) in [6, 6.07) is 2.74. The maximum atomic E-state index is 13.5. The lowest BCUT2D eigenvalue weighted by Gasteiger charge is -2.35. The van der Waals surface area contributed by atoms with Gasteiger partial charge in [0.25, 0.3) is 5.91 Å². The topological polar surface area (TPSA) is 49.3 Å². The molecule has 1 aromatic rings. The summed E-state index contributed by atoms with van der Waals surface area (Å²) in [6.07, 6.45) is 5.18. The molecule has 0 radical (unpaired) electrons. The minimum atomic E-state index is -1.03. The lowest BCUT2D eigenvalue weighted by atomic mass is 9.78. The molecular formula is C16H21F2NO2. The second-order valence-electron chi connectivity index (χ2n) is 6.00. The molecule has 0 aromatic heterocycles. The van der Waals surface area contributed by atoms with Gasteiger partial charge in [-0.3, -0.25) is 4.79 Å². The zero-order valence-electron chi connectivity index (χ0n) is 12.2. The van der Waals surface area contributed by atoms with Gasteiger partial charge in [-0.05, 0) is 43.9 Å². The van der Waals surface area contributed by atoms with E-state index in [0.717, 1.165) is 43.9 Å². The Hall–Kier alpha value is -1.49. The van der Waals surface area contributed by atoms with Crippen LogP contribution in [-0.2, 0) is 0 Å². The number of halogens is 2. The molecule has 1 atom stereocenters. The maximum Gasteiger partial charge on any atom is 0.254 e. The van der Waals surface area contributed by atoms with E-state index in [1.54, 1.807) is 6.92 Å². The van der Waals surface area contributed by atoms with Crippen molar-refractivity contribution in [2.75, 3.05) is 6.54 Å². The molecule has 1 aliphatic carbocycles. The maximum absolute atomic E-state index is 13.5. The second kappa shape index (κ2) is 6.52. The van der Waals surface area contributed by atoms with Crippen molar-refractivity contribution < 1.29 is 18.7 Å². The normalized spacial score (nSPS) is 19.0. The molecule has 1 amide bonds. The summed E-state index contributed by atoms with van der Waals surface area (Å²) in [5, 5.41) is 13.0. The molecule has 116 valence electrons. The number of rotatable bonds is 4. The molecule has 0 bridgehead atoms. The van der Waals surface area contributed by atoms with Crippen LogP contribution in [0.4, 0.5) is 8.78 Å². The number of aliphatic hydroxyl groups is 1. The summed E-state index contributed by atoms with van der Waals surface area (Å²) >= 11 is 0. The fourth-order valence-corrected chi connectivity index (χ4v) is 2.89. The summed E-state index contributed by atoms with van der Waals surface area (Å²) in [5.74, 6) is -2.02. The van der Waals surface area contributed by atoms with Crippen LogP contribution in [0.3, 0.4) is 0 Å². The quantitative estimate of drug-likeness (QED) is 0.897. The van der Waals surface area contributed by atoms with Crippen LogP contribution in [0.25, 0.3) is 0 Å². The Morgan fingerprint density at radius 2 is 2.00 bits per heavy atom. The van der Waals surface area contributed by atoms with Crippen LogP contribution < -0.4 is 5.32 Å². The van der Waals surface area contributed by atoms with Crippen molar-refractivity contribution in [3.05, 3.63) is 35.4 Å². The number of benzene rings is 1. The van der Waals surface area contributed by atoms with E-state index >= 15 is 0 Å². The monoisotopic (exact) mass is 297 g/mol. The highest BCUT2D eigenvalue weighted by Gasteiger charge is 2.33. The highest BCUT2D eigenvalue weighted by Crippen LogP contribution is 2.32. The van der Waals surface area contributed by atoms with Gasteiger partial charge in [-0.15, -0.1) is 0 Å². The highest BCUT2D eigenvalue weighted by molar-refractivity contribution is 5.94. The van der Waals surface area contributed by atoms with Gasteiger partial charge in [-0.2, -0.15) is 0 Å². The Morgan fingerprint density at radius 3 is 2.67 bits per heavy atom. The number of hydrogen-bond donors (Lipinski definition) is 2. The molecule has 1 saturated carbocycles. The number of nitrogens with one attached hydrogen (secondary N) is 1. The Balaban J connectivity index is 1.98. The molecule has 21 heavy (non-hydrogen) atoms. The van der Waals surface area contributed by atoms with E-state index in [2.05, 4.69) is 5.32 Å². The average Bonchev–Trinajstić information content (AvgIpc) is 2.48. The van der Waals surface area contributed by atoms with Gasteiger partial charge < -0.3 is 10.4 Å². The molecule has 0 spiro atoms. The van der Waals surface area contributed by atoms with Gasteiger partial charge >= 0.3 is 0 Å². The van der Waals surface area contributed by atoms with Gasteiger partial charge in [0.1, 0.15) is 11.6 Å². The van der Waals surface area contributed by atoms with Crippen LogP contribution in [0.2, 0.25) is 0 Å². The Labute approximate surface area is 123 Å². The first-order valence-corrected chi connectivity index (χ1v) is 7.36. The average molecular weight is 297 g/mol. The third kappa shape index (κ3) is 4.00. The molecule has 0 unspecified atom stereocenters. The van der Waals surface area contributed by atoms with Crippen LogP contribution in [-0.4, -0.2) is 23.2 Å². The fraction of sp³-hybridized carbons (Fsp3) is 0.562. The summed E-state index contributed by atoms with van der Waals surface area (Å²) < 4.78 is 26.6. The van der Waals surface area contributed by atoms with Gasteiger partial charge in [0, 0.05) is 6.54 Å². The summed E-state index contributed by atoms with van der Waals surface area (Å²) in [7, 11) is 0. The van der Waals surface area contributed by atoms with Crippen molar-refractivity contribution in [2.45, 2.75) is 44.6 Å². The van der Waals surface area contributed by atoms with Crippen LogP contribution >= 0.6 is 0 Å². The molecule has 2 N–H and O–H groups in total. The highest BCUT2D eigenvalue weighted by atomic mass is 19.1. The van der Waals surface area contributed by atoms with Crippen LogP contribution in [0, 0.1) is 17.6 Å². The van der Waals surface area contributed by atoms with E-state index in [9.17, 15) is 18.7 Å². The Bertz CT molecular complexity index is 511. The smallest absolute Gasteiger partial charge is 0.254 e. The predicted octanol–water partition coefficient (Wildman–Crippen LogP) is 3.03. The second-order valence-corrected chi connectivity index (χ2v) is 6.00. The first kappa shape index (κ1) is 15.9. The van der Waals surface area contributed by atoms with Gasteiger partial charge in [0.05, 0.1) is 11.2 Å². The van der Waals surface area contributed by atoms with Crippen molar-refractivity contribution in [1.29, 1.82) is 0 Å². The molecule has 1 fully saturated rings. The van der Waals surface area contributed by atoms with Gasteiger partial charge in [0.2, 0.25) is 0 Å². The molecule has 0 heterocycles. The van der Waals surface area contributed by atoms with E-state index in [1.807, 2.05) is 0 Å². The lowest BCUT2D eigenvalue weighted by Crippen LogP contribution is -2.46. The lowest BCUT2D eigenvalue weighted by molar-refractivity contribution is -0.0143. The number of carbonyl (C=O) groups is 1. The van der Waals surface area contributed by atoms with Gasteiger partial charge in [-0.1, -0.05) is 19.3 Å². The number of carbonyl (C=O) groups excluding carboxylic acids is 1. The van der Waals surface area contributed by atoms with Crippen molar-refractivity contribution in [2.24, 2.45) is 5.92 Å². The van der Waals surface area contributed by atoms with E-state index in [-0.39, 0.29) is 18.0 Å². The first-order valence-electron chi connectivity index (χ1n) is 7.36. The number of hydrogen-bond acceptors (Lipinski definition) is 2. The van der Waals surface area contributed by atoms with E-state index in [1.165, 1.54) is 6.42 Å². The molecule has 0 saturated heterocycles. The van der Waals surface area contributed by atoms with E-state index in [0.29, 0.717) is 0 Å². The molecule has 3 nitrogen and oxygen atoms in total. The summed E-state index contributed by atoms with van der Waals surface area (Å²) in [4.78, 5) is 11.9. The van der Waals surface area contributed by atoms with Gasteiger partial charge in [0.15, 0.2) is 0 Å². The first-order chi connectivity index (χ1) is 9.90. The van der Waals surface area contributed by atoms with Crippen molar-refractivity contribution >= 4 is 5.91 Å². The SMILES string of the molecule is C[C@](O)(CNC(=O)c1cc(F)ccc1F)C1CCCCC1. The Morgan fingerprint density at radius 1 is 1.33 bits per heavy atom. The summed E-state index contributed by atoms with van der Waals surface area (Å²) in [5.41, 5.74) is -1.37. The molecule has 1 aliphatic rings. The fourth-order valence-electron chi connectivity index (χ4n) is 2.89. The molecular weight excluding hydrogens is 276 g/mol. The predicted molar refractivity (Wildman–Crippen MR) is 75.9 cm³/mol. The van der Waals surface area contributed by atoms with Crippen molar-refractivity contribution in [3.8, 4) is 0 Å². The third-order valence-corrected chi connectivity index (χ3v) is 4.26. The largest absolute Gasteiger partial charge is 0.388 e. The van der Waals surface area contributed by atoms with Crippen LogP contribution in [0.5, 0.6) is 0 Å². The molecule has 1 aromatic carbocycles. The molecule has 2 rings (SSSR count). The molecule has 5 heteroatoms. The molecule has 0 aliphatic heterocycles. The third-order valence-electron chi connectivity index (χ3n) is 4.26. The van der Waals surface area contributed by atoms with E-state index in [4.69, 9.17) is 0 Å². The zero-order chi connectivity index (χ0) is 15.5. The standard InChI is InChI=1S/C16H21F2NO2/c1-16(21,11-5-3-2-4-6-11)10-19-15(20)13-9-12(17)7-8-14(13)18/h7-9,11,21H,2-6,10H2,1H3,(H,19,20)/t16-/m0/s1. The minimum Gasteiger partial charge on any atom is -0.388 e. The van der Waals surface area contributed by atoms with Gasteiger partial charge in [-0.25, -0.2) is 8.78 Å². The van der Waals surface area contributed by atoms with Crippen LogP contribution in [0.15, 0.2) is 18.2 Å². The number of amides is 1. The van der Waals surface area contributed by atoms with Crippen LogP contribution in [0.1, 0.15) is 49.4 Å².